The summed E-state index contributed by atoms with van der Waals surface area (Å²) >= 11 is 6.23. The third kappa shape index (κ3) is 3.26. The standard InChI is InChI=1S/C15H13ClN4O2S/c1-9-5-6-13-12(14(9)16)8-18-15(20-13)19-10-3-2-4-11(7-10)23(17,21)22/h2-8H,1H3,(H2,17,21,22)(H,18,19,20). The van der Waals surface area contributed by atoms with Gasteiger partial charge in [-0.2, -0.15) is 0 Å². The summed E-state index contributed by atoms with van der Waals surface area (Å²) in [6.07, 6.45) is 1.63. The van der Waals surface area contributed by atoms with Crippen molar-refractivity contribution in [1.82, 2.24) is 9.97 Å². The van der Waals surface area contributed by atoms with Gasteiger partial charge in [-0.1, -0.05) is 23.7 Å². The topological polar surface area (TPSA) is 98.0 Å². The molecule has 0 saturated heterocycles. The molecule has 0 spiro atoms. The Hall–Kier alpha value is -2.22. The van der Waals surface area contributed by atoms with E-state index in [2.05, 4.69) is 15.3 Å². The minimum Gasteiger partial charge on any atom is -0.324 e. The van der Waals surface area contributed by atoms with E-state index >= 15 is 0 Å². The number of hydrogen-bond acceptors (Lipinski definition) is 5. The van der Waals surface area contributed by atoms with Gasteiger partial charge in [0.2, 0.25) is 16.0 Å². The van der Waals surface area contributed by atoms with Gasteiger partial charge in [0.1, 0.15) is 0 Å². The van der Waals surface area contributed by atoms with Crippen LogP contribution in [0.5, 0.6) is 0 Å². The van der Waals surface area contributed by atoms with Crippen molar-refractivity contribution in [2.75, 3.05) is 5.32 Å². The Morgan fingerprint density at radius 3 is 2.74 bits per heavy atom. The van der Waals surface area contributed by atoms with Gasteiger partial charge in [-0.05, 0) is 36.8 Å². The Bertz CT molecular complexity index is 1010. The van der Waals surface area contributed by atoms with Crippen molar-refractivity contribution >= 4 is 44.2 Å². The average molecular weight is 349 g/mol. The first kappa shape index (κ1) is 15.7. The van der Waals surface area contributed by atoms with E-state index in [9.17, 15) is 8.42 Å². The van der Waals surface area contributed by atoms with Gasteiger partial charge in [0.05, 0.1) is 15.4 Å². The predicted octanol–water partition coefficient (Wildman–Crippen LogP) is 2.98. The van der Waals surface area contributed by atoms with Crippen LogP contribution in [0.3, 0.4) is 0 Å². The molecule has 3 N–H and O–H groups in total. The van der Waals surface area contributed by atoms with Gasteiger partial charge in [0, 0.05) is 17.3 Å². The van der Waals surface area contributed by atoms with Crippen LogP contribution in [0.25, 0.3) is 10.9 Å². The number of hydrogen-bond donors (Lipinski definition) is 2. The highest BCUT2D eigenvalue weighted by molar-refractivity contribution is 7.89. The van der Waals surface area contributed by atoms with Crippen LogP contribution in [-0.4, -0.2) is 18.4 Å². The molecule has 0 radical (unpaired) electrons. The molecule has 0 atom stereocenters. The summed E-state index contributed by atoms with van der Waals surface area (Å²) in [5.41, 5.74) is 2.17. The zero-order chi connectivity index (χ0) is 16.6. The third-order valence-electron chi connectivity index (χ3n) is 3.31. The molecule has 1 aromatic heterocycles. The summed E-state index contributed by atoms with van der Waals surface area (Å²) in [4.78, 5) is 8.60. The van der Waals surface area contributed by atoms with Gasteiger partial charge in [0.25, 0.3) is 0 Å². The van der Waals surface area contributed by atoms with E-state index in [0.717, 1.165) is 10.9 Å². The number of anilines is 2. The van der Waals surface area contributed by atoms with E-state index in [1.165, 1.54) is 12.1 Å². The Kier molecular flexibility index (Phi) is 3.93. The number of halogens is 1. The number of aromatic nitrogens is 2. The lowest BCUT2D eigenvalue weighted by Gasteiger charge is -2.08. The summed E-state index contributed by atoms with van der Waals surface area (Å²) in [6, 6.07) is 9.86. The molecule has 3 aromatic rings. The molecule has 0 aliphatic rings. The van der Waals surface area contributed by atoms with Crippen LogP contribution in [0.2, 0.25) is 5.02 Å². The highest BCUT2D eigenvalue weighted by atomic mass is 35.5. The lowest BCUT2D eigenvalue weighted by atomic mass is 10.2. The summed E-state index contributed by atoms with van der Waals surface area (Å²) in [5.74, 6) is 0.337. The minimum absolute atomic E-state index is 0.0157. The summed E-state index contributed by atoms with van der Waals surface area (Å²) in [6.45, 7) is 1.91. The smallest absolute Gasteiger partial charge is 0.238 e. The van der Waals surface area contributed by atoms with Crippen molar-refractivity contribution < 1.29 is 8.42 Å². The number of benzene rings is 2. The molecule has 0 unspecified atom stereocenters. The first-order chi connectivity index (χ1) is 10.8. The minimum atomic E-state index is -3.76. The van der Waals surface area contributed by atoms with Crippen LogP contribution < -0.4 is 10.5 Å². The molecule has 0 fully saturated rings. The van der Waals surface area contributed by atoms with Gasteiger partial charge >= 0.3 is 0 Å². The molecule has 0 amide bonds. The Morgan fingerprint density at radius 2 is 2.00 bits per heavy atom. The van der Waals surface area contributed by atoms with E-state index in [1.54, 1.807) is 18.3 Å². The van der Waals surface area contributed by atoms with Crippen LogP contribution in [0.1, 0.15) is 5.56 Å². The Labute approximate surface area is 138 Å². The fraction of sp³-hybridized carbons (Fsp3) is 0.0667. The number of fused-ring (bicyclic) bond motifs is 1. The quantitative estimate of drug-likeness (QED) is 0.758. The average Bonchev–Trinajstić information content (AvgIpc) is 2.51. The fourth-order valence-electron chi connectivity index (χ4n) is 2.12. The molecule has 6 nitrogen and oxygen atoms in total. The third-order valence-corrected chi connectivity index (χ3v) is 4.72. The maximum atomic E-state index is 11.4. The second-order valence-electron chi connectivity index (χ2n) is 5.02. The van der Waals surface area contributed by atoms with Crippen molar-refractivity contribution in [3.05, 3.63) is 53.2 Å². The lowest BCUT2D eigenvalue weighted by Crippen LogP contribution is -2.12. The largest absolute Gasteiger partial charge is 0.324 e. The number of primary sulfonamides is 1. The van der Waals surface area contributed by atoms with Crippen molar-refractivity contribution in [3.63, 3.8) is 0 Å². The molecular formula is C15H13ClN4O2S. The van der Waals surface area contributed by atoms with Crippen molar-refractivity contribution in [3.8, 4) is 0 Å². The van der Waals surface area contributed by atoms with E-state index in [-0.39, 0.29) is 4.90 Å². The van der Waals surface area contributed by atoms with Gasteiger partial charge in [-0.25, -0.2) is 23.5 Å². The summed E-state index contributed by atoms with van der Waals surface area (Å²) < 4.78 is 22.8. The molecule has 1 heterocycles. The highest BCUT2D eigenvalue weighted by Crippen LogP contribution is 2.26. The van der Waals surface area contributed by atoms with Crippen molar-refractivity contribution in [1.29, 1.82) is 0 Å². The summed E-state index contributed by atoms with van der Waals surface area (Å²) in [5, 5.41) is 9.46. The molecule has 3 rings (SSSR count). The normalized spacial score (nSPS) is 11.6. The number of nitrogens with two attached hydrogens (primary N) is 1. The number of sulfonamides is 1. The van der Waals surface area contributed by atoms with Crippen LogP contribution >= 0.6 is 11.6 Å². The SMILES string of the molecule is Cc1ccc2nc(Nc3cccc(S(N)(=O)=O)c3)ncc2c1Cl. The van der Waals surface area contributed by atoms with Crippen LogP contribution in [0.4, 0.5) is 11.6 Å². The molecule has 23 heavy (non-hydrogen) atoms. The van der Waals surface area contributed by atoms with E-state index in [0.29, 0.717) is 22.2 Å². The van der Waals surface area contributed by atoms with E-state index in [1.807, 2.05) is 19.1 Å². The lowest BCUT2D eigenvalue weighted by molar-refractivity contribution is 0.598. The second-order valence-corrected chi connectivity index (χ2v) is 6.96. The Balaban J connectivity index is 1.98. The molecule has 0 saturated carbocycles. The molecule has 0 aliphatic carbocycles. The van der Waals surface area contributed by atoms with Gasteiger partial charge < -0.3 is 5.32 Å². The van der Waals surface area contributed by atoms with E-state index < -0.39 is 10.0 Å². The summed E-state index contributed by atoms with van der Waals surface area (Å²) in [7, 11) is -3.76. The molecule has 118 valence electrons. The van der Waals surface area contributed by atoms with Crippen molar-refractivity contribution in [2.24, 2.45) is 5.14 Å². The van der Waals surface area contributed by atoms with Crippen LogP contribution in [-0.2, 0) is 10.0 Å². The second kappa shape index (κ2) is 5.77. The Morgan fingerprint density at radius 1 is 1.22 bits per heavy atom. The number of nitrogens with one attached hydrogen (secondary N) is 1. The van der Waals surface area contributed by atoms with Gasteiger partial charge in [0.15, 0.2) is 0 Å². The molecule has 0 aliphatic heterocycles. The molecule has 0 bridgehead atoms. The highest BCUT2D eigenvalue weighted by Gasteiger charge is 2.09. The molecule has 8 heteroatoms. The van der Waals surface area contributed by atoms with E-state index in [4.69, 9.17) is 16.7 Å². The first-order valence-corrected chi connectivity index (χ1v) is 8.59. The number of aryl methyl sites for hydroxylation is 1. The fourth-order valence-corrected chi connectivity index (χ4v) is 2.89. The van der Waals surface area contributed by atoms with Gasteiger partial charge in [-0.15, -0.1) is 0 Å². The van der Waals surface area contributed by atoms with Crippen LogP contribution in [0.15, 0.2) is 47.5 Å². The van der Waals surface area contributed by atoms with Gasteiger partial charge in [-0.3, -0.25) is 0 Å². The van der Waals surface area contributed by atoms with Crippen LogP contribution in [0, 0.1) is 6.92 Å². The maximum absolute atomic E-state index is 11.4. The maximum Gasteiger partial charge on any atom is 0.238 e. The number of rotatable bonds is 3. The zero-order valence-electron chi connectivity index (χ0n) is 12.1. The predicted molar refractivity (Wildman–Crippen MR) is 90.4 cm³/mol. The molecule has 2 aromatic carbocycles. The number of nitrogens with zero attached hydrogens (tertiary/aromatic N) is 2. The molecular weight excluding hydrogens is 336 g/mol. The first-order valence-electron chi connectivity index (χ1n) is 6.66. The zero-order valence-corrected chi connectivity index (χ0v) is 13.7. The van der Waals surface area contributed by atoms with Crippen molar-refractivity contribution in [2.45, 2.75) is 11.8 Å². The monoisotopic (exact) mass is 348 g/mol.